The molecule has 8 heteroatoms. The van der Waals surface area contributed by atoms with Crippen molar-refractivity contribution in [2.45, 2.75) is 132 Å². The van der Waals surface area contributed by atoms with Gasteiger partial charge in [0.15, 0.2) is 12.1 Å². The van der Waals surface area contributed by atoms with E-state index in [2.05, 4.69) is 10.6 Å². The molecule has 0 aromatic heterocycles. The number of rotatable bonds is 8. The molecule has 41 heavy (non-hydrogen) atoms. The Morgan fingerprint density at radius 3 is 1.22 bits per heavy atom. The van der Waals surface area contributed by atoms with E-state index in [1.165, 1.54) is 38.5 Å². The Hall–Kier alpha value is -1.22. The fourth-order valence-electron chi connectivity index (χ4n) is 12.9. The maximum atomic E-state index is 14.1. The lowest BCUT2D eigenvalue weighted by Gasteiger charge is -2.57. The van der Waals surface area contributed by atoms with Crippen LogP contribution in [0, 0.1) is 45.9 Å². The molecule has 8 aliphatic carbocycles. The molecule has 10 rings (SSSR count). The summed E-state index contributed by atoms with van der Waals surface area (Å²) in [7, 11) is 0. The van der Waals surface area contributed by atoms with E-state index in [0.717, 1.165) is 86.9 Å². The summed E-state index contributed by atoms with van der Waals surface area (Å²) in [6, 6.07) is -1.09. The number of carbonyl (C=O) groups is 2. The maximum Gasteiger partial charge on any atom is 0.279 e. The summed E-state index contributed by atoms with van der Waals surface area (Å²) in [5.74, 6) is 4.46. The van der Waals surface area contributed by atoms with Crippen LogP contribution in [-0.4, -0.2) is 70.4 Å². The molecule has 8 nitrogen and oxygen atoms in total. The van der Waals surface area contributed by atoms with E-state index in [0.29, 0.717) is 45.4 Å². The van der Waals surface area contributed by atoms with E-state index in [1.807, 2.05) is 0 Å². The van der Waals surface area contributed by atoms with Crippen LogP contribution < -0.4 is 10.6 Å². The maximum absolute atomic E-state index is 14.1. The smallest absolute Gasteiger partial charge is 0.279 e. The number of carbonyl (C=O) groups excluding carboxylic acids is 2. The summed E-state index contributed by atoms with van der Waals surface area (Å²) in [4.78, 5) is 27.3. The van der Waals surface area contributed by atoms with Crippen LogP contribution in [0.1, 0.15) is 109 Å². The molecule has 2 amide bonds. The van der Waals surface area contributed by atoms with Gasteiger partial charge in [0.25, 0.3) is 11.8 Å². The molecule has 8 bridgehead atoms. The minimum Gasteiger partial charge on any atom is -0.632 e. The third kappa shape index (κ3) is 4.78. The van der Waals surface area contributed by atoms with Crippen LogP contribution in [-0.2, 0) is 9.59 Å². The third-order valence-electron chi connectivity index (χ3n) is 13.7. The molecule has 2 saturated heterocycles. The van der Waals surface area contributed by atoms with Gasteiger partial charge in [0.2, 0.25) is 0 Å². The van der Waals surface area contributed by atoms with Crippen LogP contribution >= 0.6 is 0 Å². The van der Waals surface area contributed by atoms with Gasteiger partial charge in [-0.1, -0.05) is 0 Å². The fraction of sp³-hybridized carbons (Fsp3) is 0.939. The van der Waals surface area contributed by atoms with Gasteiger partial charge in [0.05, 0.1) is 26.2 Å². The normalized spacial score (nSPS) is 52.7. The Morgan fingerprint density at radius 1 is 0.585 bits per heavy atom. The Morgan fingerprint density at radius 2 is 0.902 bits per heavy atom. The summed E-state index contributed by atoms with van der Waals surface area (Å²) in [5, 5.41) is 35.1. The molecule has 2 aliphatic heterocycles. The second-order valence-corrected chi connectivity index (χ2v) is 16.8. The van der Waals surface area contributed by atoms with E-state index in [9.17, 15) is 20.0 Å². The fourth-order valence-corrected chi connectivity index (χ4v) is 12.9. The largest absolute Gasteiger partial charge is 0.632 e. The van der Waals surface area contributed by atoms with Crippen LogP contribution in [0.2, 0.25) is 0 Å². The van der Waals surface area contributed by atoms with Crippen molar-refractivity contribution in [2.24, 2.45) is 35.5 Å². The Kier molecular flexibility index (Phi) is 6.43. The first-order valence-corrected chi connectivity index (χ1v) is 17.4. The average molecular weight is 569 g/mol. The quantitative estimate of drug-likeness (QED) is 0.332. The van der Waals surface area contributed by atoms with Gasteiger partial charge in [-0.15, -0.1) is 0 Å². The first-order valence-electron chi connectivity index (χ1n) is 17.4. The van der Waals surface area contributed by atoms with Crippen LogP contribution in [0.4, 0.5) is 0 Å². The number of hydroxylamine groups is 6. The minimum absolute atomic E-state index is 0.0283. The highest BCUT2D eigenvalue weighted by molar-refractivity contribution is 5.82. The Bertz CT molecular complexity index is 927. The number of hydrogen-bond donors (Lipinski definition) is 2. The zero-order chi connectivity index (χ0) is 28.0. The van der Waals surface area contributed by atoms with Gasteiger partial charge in [-0.3, -0.25) is 9.59 Å². The van der Waals surface area contributed by atoms with E-state index in [-0.39, 0.29) is 22.9 Å². The molecule has 4 atom stereocenters. The zero-order valence-electron chi connectivity index (χ0n) is 25.0. The molecule has 2 N–H and O–H groups in total. The molecule has 0 aromatic carbocycles. The average Bonchev–Trinajstić information content (AvgIpc) is 3.44. The number of nitrogens with one attached hydrogen (secondary N) is 2. The summed E-state index contributed by atoms with van der Waals surface area (Å²) in [6.07, 6.45) is 17.9. The van der Waals surface area contributed by atoms with Crippen molar-refractivity contribution in [2.75, 3.05) is 26.2 Å². The van der Waals surface area contributed by atoms with Crippen molar-refractivity contribution in [3.8, 4) is 0 Å². The van der Waals surface area contributed by atoms with Crippen molar-refractivity contribution in [1.29, 1.82) is 0 Å². The lowest BCUT2D eigenvalue weighted by molar-refractivity contribution is -0.902. The summed E-state index contributed by atoms with van der Waals surface area (Å²) in [5.41, 5.74) is -0.146. The molecule has 2 unspecified atom stereocenters. The van der Waals surface area contributed by atoms with Crippen molar-refractivity contribution in [1.82, 2.24) is 10.6 Å². The van der Waals surface area contributed by atoms with Gasteiger partial charge in [-0.05, 0) is 113 Å². The lowest BCUT2D eigenvalue weighted by Crippen LogP contribution is -2.64. The highest BCUT2D eigenvalue weighted by Gasteiger charge is 2.55. The minimum atomic E-state index is -0.545. The third-order valence-corrected chi connectivity index (χ3v) is 13.7. The van der Waals surface area contributed by atoms with Crippen molar-refractivity contribution >= 4 is 11.8 Å². The molecular formula is C33H52N4O4. The molecule has 0 radical (unpaired) electrons. The van der Waals surface area contributed by atoms with Gasteiger partial charge >= 0.3 is 0 Å². The van der Waals surface area contributed by atoms with Gasteiger partial charge in [-0.25, -0.2) is 0 Å². The number of likely N-dealkylation sites (tertiary alicyclic amines) is 2. The lowest BCUT2D eigenvalue weighted by atomic mass is 9.53. The SMILES string of the molecule is O=C(NC12CC3CC(CC(C3)C1)C2)[C@H]1CCC[N+]1([O-])CCC[N+]1([O-])CCC[C@@H]1C(=O)NC12CC3CC(CC(C3)C1)C2. The summed E-state index contributed by atoms with van der Waals surface area (Å²) < 4.78 is -0.968. The van der Waals surface area contributed by atoms with E-state index >= 15 is 0 Å². The van der Waals surface area contributed by atoms with Crippen molar-refractivity contribution in [3.05, 3.63) is 10.4 Å². The predicted molar refractivity (Wildman–Crippen MR) is 155 cm³/mol. The molecule has 10 aliphatic rings. The first kappa shape index (κ1) is 27.3. The number of quaternary nitrogens is 2. The van der Waals surface area contributed by atoms with E-state index in [4.69, 9.17) is 0 Å². The monoisotopic (exact) mass is 568 g/mol. The molecule has 8 saturated carbocycles. The Balaban J connectivity index is 0.881. The number of nitrogens with zero attached hydrogens (tertiary/aromatic N) is 2. The van der Waals surface area contributed by atoms with E-state index < -0.39 is 21.4 Å². The van der Waals surface area contributed by atoms with Gasteiger partial charge in [0, 0.05) is 43.2 Å². The van der Waals surface area contributed by atoms with Crippen molar-refractivity contribution in [3.63, 3.8) is 0 Å². The second-order valence-electron chi connectivity index (χ2n) is 16.8. The van der Waals surface area contributed by atoms with Gasteiger partial charge in [0.1, 0.15) is 0 Å². The van der Waals surface area contributed by atoms with Gasteiger partial charge < -0.3 is 30.3 Å². The topological polar surface area (TPSA) is 104 Å². The standard InChI is InChI=1S/C33H52N4O4/c38-30(34-32-16-22-10-23(17-32)12-24(11-22)18-32)28-4-1-6-36(28,40)8-3-9-37(41)7-2-5-29(37)31(39)35-33-19-25-13-26(20-33)15-27(14-25)21-33/h22-29H,1-21H2,(H,34,38)(H,35,39)/t22?,23?,24?,25?,26?,27?,28-,29-,32?,33?,36?,37?/m1/s1. The molecular weight excluding hydrogens is 516 g/mol. The molecule has 228 valence electrons. The van der Waals surface area contributed by atoms with Crippen LogP contribution in [0.25, 0.3) is 0 Å². The molecule has 2 heterocycles. The second kappa shape index (κ2) is 9.64. The number of amides is 2. The Labute approximate surface area is 245 Å². The van der Waals surface area contributed by atoms with Crippen LogP contribution in [0.3, 0.4) is 0 Å². The van der Waals surface area contributed by atoms with Crippen LogP contribution in [0.5, 0.6) is 0 Å². The van der Waals surface area contributed by atoms with Crippen molar-refractivity contribution < 1.29 is 18.9 Å². The highest BCUT2D eigenvalue weighted by atomic mass is 16.6. The highest BCUT2D eigenvalue weighted by Crippen LogP contribution is 2.57. The zero-order valence-corrected chi connectivity index (χ0v) is 25.0. The summed E-state index contributed by atoms with van der Waals surface area (Å²) >= 11 is 0. The first-order chi connectivity index (χ1) is 19.6. The summed E-state index contributed by atoms with van der Waals surface area (Å²) in [6.45, 7) is 1.55. The molecule has 0 spiro atoms. The predicted octanol–water partition coefficient (Wildman–Crippen LogP) is 4.50. The van der Waals surface area contributed by atoms with E-state index in [1.54, 1.807) is 0 Å². The van der Waals surface area contributed by atoms with Gasteiger partial charge in [-0.2, -0.15) is 0 Å². The molecule has 0 aromatic rings. The van der Waals surface area contributed by atoms with Crippen LogP contribution in [0.15, 0.2) is 0 Å². The molecule has 10 fully saturated rings. The number of hydrogen-bond acceptors (Lipinski definition) is 4.